The number of carbonyl (C=O) groups is 2. The molecule has 0 aliphatic rings. The lowest BCUT2D eigenvalue weighted by Gasteiger charge is -2.08. The molecule has 0 aliphatic heterocycles. The second-order valence-electron chi connectivity index (χ2n) is 3.73. The molecule has 18 heavy (non-hydrogen) atoms. The Morgan fingerprint density at radius 2 is 2.11 bits per heavy atom. The van der Waals surface area contributed by atoms with Crippen molar-refractivity contribution in [3.8, 4) is 0 Å². The second-order valence-corrected chi connectivity index (χ2v) is 4.64. The molecule has 0 unspecified atom stereocenters. The number of carbonyl (C=O) groups excluding carboxylic acids is 2. The Hall–Kier alpha value is -1.62. The molecule has 2 amide bonds. The molecule has 1 aromatic carbocycles. The van der Waals surface area contributed by atoms with Gasteiger partial charge in [-0.25, -0.2) is 0 Å². The number of nitrogens with one attached hydrogen (secondary N) is 2. The van der Waals surface area contributed by atoms with Crippen LogP contribution in [0.25, 0.3) is 0 Å². The van der Waals surface area contributed by atoms with Crippen LogP contribution >= 0.6 is 15.9 Å². The first kappa shape index (κ1) is 14.4. The van der Waals surface area contributed by atoms with E-state index in [1.165, 1.54) is 6.08 Å². The molecule has 0 heterocycles. The van der Waals surface area contributed by atoms with Crippen molar-refractivity contribution in [2.45, 2.75) is 13.8 Å². The van der Waals surface area contributed by atoms with Crippen LogP contribution in [0.2, 0.25) is 0 Å². The first-order valence-electron chi connectivity index (χ1n) is 5.49. The zero-order valence-electron chi connectivity index (χ0n) is 10.3. The lowest BCUT2D eigenvalue weighted by Crippen LogP contribution is -2.31. The first-order valence-corrected chi connectivity index (χ1v) is 6.28. The van der Waals surface area contributed by atoms with Gasteiger partial charge in [-0.15, -0.1) is 0 Å². The van der Waals surface area contributed by atoms with Gasteiger partial charge in [-0.2, -0.15) is 0 Å². The minimum absolute atomic E-state index is 0.0430. The van der Waals surface area contributed by atoms with Gasteiger partial charge in [0.2, 0.25) is 11.8 Å². The number of halogens is 1. The molecule has 5 heteroatoms. The molecule has 0 atom stereocenters. The van der Waals surface area contributed by atoms with Crippen molar-refractivity contribution in [1.29, 1.82) is 0 Å². The Morgan fingerprint density at radius 1 is 1.39 bits per heavy atom. The summed E-state index contributed by atoms with van der Waals surface area (Å²) < 4.78 is 0.958. The maximum Gasteiger partial charge on any atom is 0.244 e. The van der Waals surface area contributed by atoms with E-state index in [0.717, 1.165) is 15.7 Å². The van der Waals surface area contributed by atoms with Gasteiger partial charge >= 0.3 is 0 Å². The number of allylic oxidation sites excluding steroid dienone is 1. The van der Waals surface area contributed by atoms with Gasteiger partial charge in [0.25, 0.3) is 0 Å². The fourth-order valence-corrected chi connectivity index (χ4v) is 1.81. The number of benzene rings is 1. The van der Waals surface area contributed by atoms with E-state index in [-0.39, 0.29) is 18.4 Å². The highest BCUT2D eigenvalue weighted by Gasteiger charge is 2.05. The van der Waals surface area contributed by atoms with E-state index in [2.05, 4.69) is 26.6 Å². The molecular formula is C13H15BrN2O2. The van der Waals surface area contributed by atoms with Gasteiger partial charge in [0, 0.05) is 10.2 Å². The normalized spacial score (nSPS) is 10.4. The predicted molar refractivity (Wildman–Crippen MR) is 75.3 cm³/mol. The smallest absolute Gasteiger partial charge is 0.244 e. The summed E-state index contributed by atoms with van der Waals surface area (Å²) in [6, 6.07) is 5.57. The van der Waals surface area contributed by atoms with E-state index < -0.39 is 0 Å². The summed E-state index contributed by atoms with van der Waals surface area (Å²) in [4.78, 5) is 22.7. The van der Waals surface area contributed by atoms with Gasteiger partial charge < -0.3 is 10.6 Å². The largest absolute Gasteiger partial charge is 0.343 e. The zero-order chi connectivity index (χ0) is 13.5. The fraction of sp³-hybridized carbons (Fsp3) is 0.231. The van der Waals surface area contributed by atoms with Crippen LogP contribution in [-0.2, 0) is 9.59 Å². The number of anilines is 1. The topological polar surface area (TPSA) is 58.2 Å². The molecule has 0 aliphatic carbocycles. The van der Waals surface area contributed by atoms with E-state index in [1.807, 2.05) is 25.1 Å². The minimum atomic E-state index is -0.278. The Balaban J connectivity index is 2.52. The summed E-state index contributed by atoms with van der Waals surface area (Å²) in [7, 11) is 0. The average Bonchev–Trinajstić information content (AvgIpc) is 2.31. The molecule has 1 rings (SSSR count). The highest BCUT2D eigenvalue weighted by Crippen LogP contribution is 2.19. The van der Waals surface area contributed by atoms with Crippen LogP contribution in [0.4, 0.5) is 5.69 Å². The lowest BCUT2D eigenvalue weighted by atomic mass is 10.2. The summed E-state index contributed by atoms with van der Waals surface area (Å²) in [5, 5.41) is 5.22. The lowest BCUT2D eigenvalue weighted by molar-refractivity contribution is -0.121. The van der Waals surface area contributed by atoms with E-state index in [9.17, 15) is 9.59 Å². The molecule has 1 aromatic rings. The molecular weight excluding hydrogens is 296 g/mol. The third-order valence-corrected chi connectivity index (χ3v) is 2.70. The number of amides is 2. The van der Waals surface area contributed by atoms with E-state index in [0.29, 0.717) is 0 Å². The maximum absolute atomic E-state index is 11.6. The van der Waals surface area contributed by atoms with Crippen molar-refractivity contribution in [3.05, 3.63) is 40.4 Å². The summed E-state index contributed by atoms with van der Waals surface area (Å²) in [6.07, 6.45) is 2.99. The van der Waals surface area contributed by atoms with Crippen LogP contribution in [0.15, 0.2) is 34.8 Å². The van der Waals surface area contributed by atoms with Crippen molar-refractivity contribution in [3.63, 3.8) is 0 Å². The molecule has 0 aromatic heterocycles. The van der Waals surface area contributed by atoms with Crippen LogP contribution in [0.5, 0.6) is 0 Å². The Morgan fingerprint density at radius 3 is 2.72 bits per heavy atom. The molecule has 0 bridgehead atoms. The van der Waals surface area contributed by atoms with Crippen molar-refractivity contribution < 1.29 is 9.59 Å². The van der Waals surface area contributed by atoms with Gasteiger partial charge in [0.15, 0.2) is 0 Å². The molecule has 0 saturated carbocycles. The predicted octanol–water partition coefficient (Wildman–Crippen LogP) is 2.39. The van der Waals surface area contributed by atoms with Crippen LogP contribution in [0.1, 0.15) is 12.5 Å². The Bertz CT molecular complexity index is 484. The Kier molecular flexibility index (Phi) is 5.58. The summed E-state index contributed by atoms with van der Waals surface area (Å²) in [5.41, 5.74) is 1.70. The van der Waals surface area contributed by atoms with Crippen LogP contribution in [-0.4, -0.2) is 18.4 Å². The second kappa shape index (κ2) is 6.96. The highest BCUT2D eigenvalue weighted by atomic mass is 79.9. The zero-order valence-corrected chi connectivity index (χ0v) is 11.9. The quantitative estimate of drug-likeness (QED) is 0.839. The van der Waals surface area contributed by atoms with Crippen molar-refractivity contribution in [2.75, 3.05) is 11.9 Å². The number of hydrogen-bond donors (Lipinski definition) is 2. The monoisotopic (exact) mass is 310 g/mol. The SMILES string of the molecule is CC=CC(=O)NCC(=O)Nc1ccc(Br)cc1C. The number of aryl methyl sites for hydroxylation is 1. The van der Waals surface area contributed by atoms with Crippen LogP contribution < -0.4 is 10.6 Å². The molecule has 2 N–H and O–H groups in total. The number of hydrogen-bond acceptors (Lipinski definition) is 2. The highest BCUT2D eigenvalue weighted by molar-refractivity contribution is 9.10. The van der Waals surface area contributed by atoms with Crippen molar-refractivity contribution in [2.24, 2.45) is 0 Å². The van der Waals surface area contributed by atoms with Gasteiger partial charge in [0.1, 0.15) is 0 Å². The van der Waals surface area contributed by atoms with Gasteiger partial charge in [0.05, 0.1) is 6.54 Å². The molecule has 96 valence electrons. The molecule has 0 radical (unpaired) electrons. The fourth-order valence-electron chi connectivity index (χ4n) is 1.34. The van der Waals surface area contributed by atoms with Gasteiger partial charge in [-0.3, -0.25) is 9.59 Å². The minimum Gasteiger partial charge on any atom is -0.343 e. The van der Waals surface area contributed by atoms with Crippen LogP contribution in [0, 0.1) is 6.92 Å². The summed E-state index contributed by atoms with van der Waals surface area (Å²) in [6.45, 7) is 3.60. The van der Waals surface area contributed by atoms with Gasteiger partial charge in [-0.1, -0.05) is 22.0 Å². The van der Waals surface area contributed by atoms with E-state index >= 15 is 0 Å². The maximum atomic E-state index is 11.6. The molecule has 0 spiro atoms. The van der Waals surface area contributed by atoms with E-state index in [4.69, 9.17) is 0 Å². The summed E-state index contributed by atoms with van der Waals surface area (Å²) >= 11 is 3.35. The van der Waals surface area contributed by atoms with Gasteiger partial charge in [-0.05, 0) is 43.7 Å². The average molecular weight is 311 g/mol. The Labute approximate surface area is 115 Å². The summed E-state index contributed by atoms with van der Waals surface area (Å²) in [5.74, 6) is -0.529. The first-order chi connectivity index (χ1) is 8.52. The third kappa shape index (κ3) is 4.71. The molecule has 4 nitrogen and oxygen atoms in total. The number of rotatable bonds is 4. The van der Waals surface area contributed by atoms with Crippen molar-refractivity contribution in [1.82, 2.24) is 5.32 Å². The molecule has 0 fully saturated rings. The van der Waals surface area contributed by atoms with Crippen molar-refractivity contribution >= 4 is 33.4 Å². The van der Waals surface area contributed by atoms with Crippen LogP contribution in [0.3, 0.4) is 0 Å². The standard InChI is InChI=1S/C13H15BrN2O2/c1-3-4-12(17)15-8-13(18)16-11-6-5-10(14)7-9(11)2/h3-7H,8H2,1-2H3,(H,15,17)(H,16,18). The third-order valence-electron chi connectivity index (χ3n) is 2.20. The van der Waals surface area contributed by atoms with E-state index in [1.54, 1.807) is 13.0 Å². The molecule has 0 saturated heterocycles.